The molecule has 1 aliphatic heterocycles. The number of hydrogen-bond donors (Lipinski definition) is 2. The first-order chi connectivity index (χ1) is 8.35. The second-order valence-corrected chi connectivity index (χ2v) is 5.35. The zero-order valence-corrected chi connectivity index (χ0v) is 11.2. The molecule has 1 heterocycles. The molecular weight excluding hydrogens is 236 g/mol. The van der Waals surface area contributed by atoms with E-state index in [0.717, 1.165) is 6.42 Å². The monoisotopic (exact) mass is 258 g/mol. The second-order valence-electron chi connectivity index (χ2n) is 5.35. The Morgan fingerprint density at radius 3 is 2.67 bits per heavy atom. The number of nitrogens with zero attached hydrogens (tertiary/aromatic N) is 1. The first kappa shape index (κ1) is 14.8. The van der Waals surface area contributed by atoms with Gasteiger partial charge in [0.25, 0.3) is 0 Å². The van der Waals surface area contributed by atoms with E-state index in [9.17, 15) is 9.59 Å². The van der Waals surface area contributed by atoms with Gasteiger partial charge < -0.3 is 15.2 Å². The third-order valence-corrected chi connectivity index (χ3v) is 2.59. The highest BCUT2D eigenvalue weighted by Gasteiger charge is 2.36. The predicted octanol–water partition coefficient (Wildman–Crippen LogP) is 0.494. The molecule has 0 aliphatic carbocycles. The molecule has 0 bridgehead atoms. The lowest BCUT2D eigenvalue weighted by Crippen LogP contribution is -2.48. The van der Waals surface area contributed by atoms with E-state index in [0.29, 0.717) is 13.0 Å². The maximum Gasteiger partial charge on any atom is 0.410 e. The Morgan fingerprint density at radius 2 is 2.11 bits per heavy atom. The van der Waals surface area contributed by atoms with E-state index in [-0.39, 0.29) is 19.1 Å². The van der Waals surface area contributed by atoms with Gasteiger partial charge in [-0.25, -0.2) is 4.79 Å². The van der Waals surface area contributed by atoms with Crippen molar-refractivity contribution in [1.29, 1.82) is 0 Å². The van der Waals surface area contributed by atoms with Crippen molar-refractivity contribution in [3.8, 4) is 0 Å². The van der Waals surface area contributed by atoms with Crippen molar-refractivity contribution < 1.29 is 19.4 Å². The van der Waals surface area contributed by atoms with E-state index in [4.69, 9.17) is 9.84 Å². The summed E-state index contributed by atoms with van der Waals surface area (Å²) in [6.45, 7) is 6.01. The van der Waals surface area contributed by atoms with Crippen molar-refractivity contribution in [1.82, 2.24) is 10.2 Å². The molecule has 0 aromatic rings. The van der Waals surface area contributed by atoms with Crippen molar-refractivity contribution in [3.05, 3.63) is 0 Å². The number of nitrogens with one attached hydrogen (secondary N) is 1. The molecular formula is C12H22N2O4. The molecule has 0 aromatic heterocycles. The summed E-state index contributed by atoms with van der Waals surface area (Å²) < 4.78 is 5.26. The molecule has 18 heavy (non-hydrogen) atoms. The number of amides is 2. The molecule has 1 atom stereocenters. The summed E-state index contributed by atoms with van der Waals surface area (Å²) >= 11 is 0. The van der Waals surface area contributed by atoms with Crippen LogP contribution in [0.1, 0.15) is 33.6 Å². The van der Waals surface area contributed by atoms with E-state index >= 15 is 0 Å². The molecule has 1 aliphatic rings. The molecule has 2 amide bonds. The summed E-state index contributed by atoms with van der Waals surface area (Å²) in [5, 5.41) is 11.2. The molecule has 1 rings (SSSR count). The van der Waals surface area contributed by atoms with Crippen LogP contribution < -0.4 is 5.32 Å². The van der Waals surface area contributed by atoms with Gasteiger partial charge in [-0.2, -0.15) is 0 Å². The molecule has 1 saturated heterocycles. The maximum absolute atomic E-state index is 11.9. The van der Waals surface area contributed by atoms with E-state index in [1.54, 1.807) is 20.8 Å². The number of ether oxygens (including phenoxy) is 1. The summed E-state index contributed by atoms with van der Waals surface area (Å²) in [6, 6.07) is -0.480. The SMILES string of the molecule is CC(C)(C)OC(=O)N1CCC[C@H]1C(=O)NCCO. The minimum atomic E-state index is -0.564. The summed E-state index contributed by atoms with van der Waals surface area (Å²) in [7, 11) is 0. The number of likely N-dealkylation sites (tertiary alicyclic amines) is 1. The number of rotatable bonds is 3. The standard InChI is InChI=1S/C12H22N2O4/c1-12(2,3)18-11(17)14-7-4-5-9(14)10(16)13-6-8-15/h9,15H,4-8H2,1-3H3,(H,13,16)/t9-/m0/s1. The topological polar surface area (TPSA) is 78.9 Å². The lowest BCUT2D eigenvalue weighted by molar-refractivity contribution is -0.125. The average molecular weight is 258 g/mol. The highest BCUT2D eigenvalue weighted by molar-refractivity contribution is 5.86. The fourth-order valence-corrected chi connectivity index (χ4v) is 1.88. The number of hydrogen-bond acceptors (Lipinski definition) is 4. The van der Waals surface area contributed by atoms with E-state index in [2.05, 4.69) is 5.32 Å². The van der Waals surface area contributed by atoms with Gasteiger partial charge in [0, 0.05) is 13.1 Å². The largest absolute Gasteiger partial charge is 0.444 e. The fourth-order valence-electron chi connectivity index (χ4n) is 1.88. The quantitative estimate of drug-likeness (QED) is 0.772. The van der Waals surface area contributed by atoms with Crippen LogP contribution in [0.15, 0.2) is 0 Å². The third-order valence-electron chi connectivity index (χ3n) is 2.59. The van der Waals surface area contributed by atoms with Crippen molar-refractivity contribution in [2.45, 2.75) is 45.3 Å². The van der Waals surface area contributed by atoms with Crippen LogP contribution in [0.25, 0.3) is 0 Å². The van der Waals surface area contributed by atoms with E-state index < -0.39 is 17.7 Å². The predicted molar refractivity (Wildman–Crippen MR) is 66.1 cm³/mol. The molecule has 1 fully saturated rings. The summed E-state index contributed by atoms with van der Waals surface area (Å²) in [5.41, 5.74) is -0.564. The van der Waals surface area contributed by atoms with Crippen LogP contribution in [0.4, 0.5) is 4.79 Å². The first-order valence-electron chi connectivity index (χ1n) is 6.23. The molecule has 6 heteroatoms. The Kier molecular flexibility index (Phi) is 4.95. The summed E-state index contributed by atoms with van der Waals surface area (Å²) in [5.74, 6) is -0.229. The maximum atomic E-state index is 11.9. The summed E-state index contributed by atoms with van der Waals surface area (Å²) in [6.07, 6.45) is 0.969. The van der Waals surface area contributed by atoms with Crippen LogP contribution in [0.2, 0.25) is 0 Å². The van der Waals surface area contributed by atoms with Gasteiger partial charge in [-0.15, -0.1) is 0 Å². The molecule has 104 valence electrons. The molecule has 0 unspecified atom stereocenters. The molecule has 0 spiro atoms. The number of aliphatic hydroxyl groups is 1. The number of carbonyl (C=O) groups excluding carboxylic acids is 2. The van der Waals surface area contributed by atoms with Crippen LogP contribution >= 0.6 is 0 Å². The minimum Gasteiger partial charge on any atom is -0.444 e. The minimum absolute atomic E-state index is 0.106. The zero-order valence-electron chi connectivity index (χ0n) is 11.2. The van der Waals surface area contributed by atoms with Crippen molar-refractivity contribution in [2.24, 2.45) is 0 Å². The number of aliphatic hydroxyl groups excluding tert-OH is 1. The molecule has 0 aromatic carbocycles. The van der Waals surface area contributed by atoms with Crippen molar-refractivity contribution in [2.75, 3.05) is 19.7 Å². The Hall–Kier alpha value is -1.30. The van der Waals surface area contributed by atoms with Crippen LogP contribution in [0.5, 0.6) is 0 Å². The molecule has 6 nitrogen and oxygen atoms in total. The molecule has 0 saturated carbocycles. The van der Waals surface area contributed by atoms with Gasteiger partial charge in [-0.1, -0.05) is 0 Å². The third kappa shape index (κ3) is 4.18. The van der Waals surface area contributed by atoms with Gasteiger partial charge >= 0.3 is 6.09 Å². The number of carbonyl (C=O) groups is 2. The highest BCUT2D eigenvalue weighted by atomic mass is 16.6. The lowest BCUT2D eigenvalue weighted by atomic mass is 10.2. The van der Waals surface area contributed by atoms with Gasteiger partial charge in [0.2, 0.25) is 5.91 Å². The first-order valence-corrected chi connectivity index (χ1v) is 6.23. The Balaban J connectivity index is 2.59. The fraction of sp³-hybridized carbons (Fsp3) is 0.833. The van der Waals surface area contributed by atoms with Crippen LogP contribution in [0, 0.1) is 0 Å². The van der Waals surface area contributed by atoms with Gasteiger partial charge in [-0.3, -0.25) is 9.69 Å². The van der Waals surface area contributed by atoms with Crippen LogP contribution in [-0.4, -0.2) is 53.3 Å². The van der Waals surface area contributed by atoms with E-state index in [1.807, 2.05) is 0 Å². The Bertz CT molecular complexity index is 312. The summed E-state index contributed by atoms with van der Waals surface area (Å²) in [4.78, 5) is 25.2. The molecule has 2 N–H and O–H groups in total. The Labute approximate surface area is 107 Å². The van der Waals surface area contributed by atoms with Gasteiger partial charge in [0.05, 0.1) is 6.61 Å². The van der Waals surface area contributed by atoms with Gasteiger partial charge in [-0.05, 0) is 33.6 Å². The van der Waals surface area contributed by atoms with Gasteiger partial charge in [0.1, 0.15) is 11.6 Å². The van der Waals surface area contributed by atoms with E-state index in [1.165, 1.54) is 4.90 Å². The van der Waals surface area contributed by atoms with Crippen LogP contribution in [0.3, 0.4) is 0 Å². The smallest absolute Gasteiger partial charge is 0.410 e. The molecule has 0 radical (unpaired) electrons. The van der Waals surface area contributed by atoms with Crippen molar-refractivity contribution in [3.63, 3.8) is 0 Å². The zero-order chi connectivity index (χ0) is 13.8. The Morgan fingerprint density at radius 1 is 1.44 bits per heavy atom. The van der Waals surface area contributed by atoms with Crippen LogP contribution in [-0.2, 0) is 9.53 Å². The normalized spacial score (nSPS) is 19.8. The average Bonchev–Trinajstić information content (AvgIpc) is 2.72. The van der Waals surface area contributed by atoms with Gasteiger partial charge in [0.15, 0.2) is 0 Å². The van der Waals surface area contributed by atoms with Crippen molar-refractivity contribution >= 4 is 12.0 Å². The second kappa shape index (κ2) is 6.04. The lowest BCUT2D eigenvalue weighted by Gasteiger charge is -2.27. The highest BCUT2D eigenvalue weighted by Crippen LogP contribution is 2.20.